The van der Waals surface area contributed by atoms with Gasteiger partial charge in [-0.05, 0) is 17.2 Å². The Labute approximate surface area is 100 Å². The van der Waals surface area contributed by atoms with Crippen LogP contribution in [0.2, 0.25) is 0 Å². The highest BCUT2D eigenvalue weighted by atomic mass is 16.3. The number of benzene rings is 1. The summed E-state index contributed by atoms with van der Waals surface area (Å²) in [7, 11) is 0. The van der Waals surface area contributed by atoms with Crippen molar-refractivity contribution in [2.24, 2.45) is 11.5 Å². The molecule has 5 N–H and O–H groups in total. The van der Waals surface area contributed by atoms with Crippen molar-refractivity contribution in [2.75, 3.05) is 18.1 Å². The van der Waals surface area contributed by atoms with Crippen LogP contribution in [0.5, 0.6) is 0 Å². The van der Waals surface area contributed by atoms with Gasteiger partial charge < -0.3 is 21.5 Å². The van der Waals surface area contributed by atoms with E-state index in [1.165, 1.54) is 0 Å². The third-order valence-corrected chi connectivity index (χ3v) is 2.96. The molecule has 1 heterocycles. The summed E-state index contributed by atoms with van der Waals surface area (Å²) in [5.74, 6) is 0.0260. The summed E-state index contributed by atoms with van der Waals surface area (Å²) < 4.78 is 0. The van der Waals surface area contributed by atoms with E-state index in [0.29, 0.717) is 19.5 Å². The summed E-state index contributed by atoms with van der Waals surface area (Å²) in [4.78, 5) is 13.5. The van der Waals surface area contributed by atoms with E-state index in [1.807, 2.05) is 18.2 Å². The molecule has 1 amide bonds. The average molecular weight is 235 g/mol. The maximum atomic E-state index is 11.8. The fraction of sp³-hybridized carbons (Fsp3) is 0.417. The van der Waals surface area contributed by atoms with Gasteiger partial charge >= 0.3 is 0 Å². The lowest BCUT2D eigenvalue weighted by molar-refractivity contribution is -0.117. The van der Waals surface area contributed by atoms with Gasteiger partial charge in [-0.15, -0.1) is 0 Å². The summed E-state index contributed by atoms with van der Waals surface area (Å²) >= 11 is 0. The Kier molecular flexibility index (Phi) is 3.42. The zero-order valence-electron chi connectivity index (χ0n) is 9.60. The van der Waals surface area contributed by atoms with E-state index in [1.54, 1.807) is 4.90 Å². The topological polar surface area (TPSA) is 92.6 Å². The van der Waals surface area contributed by atoms with Crippen LogP contribution in [0, 0.1) is 0 Å². The van der Waals surface area contributed by atoms with Crippen LogP contribution in [0.15, 0.2) is 18.2 Å². The standard InChI is InChI=1S/C12H17N3O2/c13-5-8-1-2-11-9(3-8)4-12(17)15(11)6-10(14)7-16/h1-3,10,16H,4-7,13-14H2. The van der Waals surface area contributed by atoms with Crippen molar-refractivity contribution in [3.8, 4) is 0 Å². The minimum atomic E-state index is -0.404. The van der Waals surface area contributed by atoms with E-state index in [0.717, 1.165) is 16.8 Å². The van der Waals surface area contributed by atoms with Gasteiger partial charge in [-0.2, -0.15) is 0 Å². The smallest absolute Gasteiger partial charge is 0.231 e. The Morgan fingerprint density at radius 3 is 2.88 bits per heavy atom. The second kappa shape index (κ2) is 4.83. The van der Waals surface area contributed by atoms with Gasteiger partial charge in [0.05, 0.1) is 13.0 Å². The van der Waals surface area contributed by atoms with Crippen LogP contribution >= 0.6 is 0 Å². The number of nitrogens with zero attached hydrogens (tertiary/aromatic N) is 1. The Hall–Kier alpha value is -1.43. The lowest BCUT2D eigenvalue weighted by Crippen LogP contribution is -2.41. The SMILES string of the molecule is NCc1ccc2c(c1)CC(=O)N2CC(N)CO. The summed E-state index contributed by atoms with van der Waals surface area (Å²) in [6.45, 7) is 0.696. The fourth-order valence-corrected chi connectivity index (χ4v) is 2.06. The maximum absolute atomic E-state index is 11.8. The molecule has 0 saturated heterocycles. The van der Waals surface area contributed by atoms with Gasteiger partial charge in [0.2, 0.25) is 5.91 Å². The van der Waals surface area contributed by atoms with Crippen molar-refractivity contribution in [1.82, 2.24) is 0 Å². The molecule has 1 atom stereocenters. The third-order valence-electron chi connectivity index (χ3n) is 2.96. The van der Waals surface area contributed by atoms with Crippen LogP contribution < -0.4 is 16.4 Å². The summed E-state index contributed by atoms with van der Waals surface area (Å²) in [5.41, 5.74) is 14.1. The monoisotopic (exact) mass is 235 g/mol. The molecule has 1 unspecified atom stereocenters. The van der Waals surface area contributed by atoms with Crippen LogP contribution in [0.4, 0.5) is 5.69 Å². The number of hydrogen-bond acceptors (Lipinski definition) is 4. The van der Waals surface area contributed by atoms with E-state index in [4.69, 9.17) is 16.6 Å². The summed E-state index contributed by atoms with van der Waals surface area (Å²) in [6.07, 6.45) is 0.390. The molecule has 0 radical (unpaired) electrons. The predicted octanol–water partition coefficient (Wildman–Crippen LogP) is -0.646. The maximum Gasteiger partial charge on any atom is 0.231 e. The number of carbonyl (C=O) groups is 1. The summed E-state index contributed by atoms with van der Waals surface area (Å²) in [5, 5.41) is 8.93. The van der Waals surface area contributed by atoms with Crippen LogP contribution in [0.25, 0.3) is 0 Å². The minimum absolute atomic E-state index is 0.0260. The molecule has 1 aromatic carbocycles. The number of aliphatic hydroxyl groups is 1. The van der Waals surface area contributed by atoms with E-state index in [2.05, 4.69) is 0 Å². The van der Waals surface area contributed by atoms with Gasteiger partial charge in [0.25, 0.3) is 0 Å². The first-order valence-electron chi connectivity index (χ1n) is 5.64. The Morgan fingerprint density at radius 1 is 1.47 bits per heavy atom. The average Bonchev–Trinajstić information content (AvgIpc) is 2.64. The molecular weight excluding hydrogens is 218 g/mol. The number of rotatable bonds is 4. The van der Waals surface area contributed by atoms with Crippen LogP contribution in [0.1, 0.15) is 11.1 Å². The molecule has 0 aromatic heterocycles. The lowest BCUT2D eigenvalue weighted by atomic mass is 10.1. The molecule has 1 aliphatic rings. The third kappa shape index (κ3) is 2.31. The molecule has 92 valence electrons. The van der Waals surface area contributed by atoms with Crippen molar-refractivity contribution in [1.29, 1.82) is 0 Å². The van der Waals surface area contributed by atoms with Crippen LogP contribution in [-0.2, 0) is 17.8 Å². The van der Waals surface area contributed by atoms with Crippen molar-refractivity contribution in [3.05, 3.63) is 29.3 Å². The Bertz CT molecular complexity index is 434. The summed E-state index contributed by atoms with van der Waals surface area (Å²) in [6, 6.07) is 5.36. The number of aliphatic hydroxyl groups excluding tert-OH is 1. The number of nitrogens with two attached hydrogens (primary N) is 2. The normalized spacial score (nSPS) is 16.2. The van der Waals surface area contributed by atoms with Crippen LogP contribution in [0.3, 0.4) is 0 Å². The highest BCUT2D eigenvalue weighted by Gasteiger charge is 2.28. The number of fused-ring (bicyclic) bond motifs is 1. The first kappa shape index (κ1) is 12.0. The Balaban J connectivity index is 2.25. The van der Waals surface area contributed by atoms with E-state index in [9.17, 15) is 4.79 Å². The van der Waals surface area contributed by atoms with Crippen molar-refractivity contribution in [2.45, 2.75) is 19.0 Å². The zero-order valence-corrected chi connectivity index (χ0v) is 9.60. The second-order valence-electron chi connectivity index (χ2n) is 4.29. The van der Waals surface area contributed by atoms with Gasteiger partial charge in [0, 0.05) is 24.8 Å². The van der Waals surface area contributed by atoms with Gasteiger partial charge in [-0.25, -0.2) is 0 Å². The second-order valence-corrected chi connectivity index (χ2v) is 4.29. The molecule has 17 heavy (non-hydrogen) atoms. The Morgan fingerprint density at radius 2 is 2.24 bits per heavy atom. The highest BCUT2D eigenvalue weighted by Crippen LogP contribution is 2.29. The molecule has 0 saturated carbocycles. The van der Waals surface area contributed by atoms with E-state index in [-0.39, 0.29) is 12.5 Å². The first-order chi connectivity index (χ1) is 8.15. The molecule has 1 aromatic rings. The van der Waals surface area contributed by atoms with Gasteiger partial charge in [0.1, 0.15) is 0 Å². The van der Waals surface area contributed by atoms with Gasteiger partial charge in [0.15, 0.2) is 0 Å². The molecule has 5 heteroatoms. The quantitative estimate of drug-likeness (QED) is 0.647. The highest BCUT2D eigenvalue weighted by molar-refractivity contribution is 6.01. The lowest BCUT2D eigenvalue weighted by Gasteiger charge is -2.20. The number of amides is 1. The molecule has 2 rings (SSSR count). The predicted molar refractivity (Wildman–Crippen MR) is 65.5 cm³/mol. The zero-order chi connectivity index (χ0) is 12.4. The molecule has 0 spiro atoms. The fourth-order valence-electron chi connectivity index (χ4n) is 2.06. The molecule has 0 fully saturated rings. The number of carbonyl (C=O) groups excluding carboxylic acids is 1. The van der Waals surface area contributed by atoms with E-state index >= 15 is 0 Å². The van der Waals surface area contributed by atoms with E-state index < -0.39 is 6.04 Å². The molecule has 1 aliphatic heterocycles. The molecule has 0 aliphatic carbocycles. The number of hydrogen-bond donors (Lipinski definition) is 3. The van der Waals surface area contributed by atoms with Crippen molar-refractivity contribution in [3.63, 3.8) is 0 Å². The van der Waals surface area contributed by atoms with Crippen LogP contribution in [-0.4, -0.2) is 30.2 Å². The molecule has 5 nitrogen and oxygen atoms in total. The van der Waals surface area contributed by atoms with Crippen molar-refractivity contribution >= 4 is 11.6 Å². The van der Waals surface area contributed by atoms with Gasteiger partial charge in [-0.3, -0.25) is 4.79 Å². The molecule has 0 bridgehead atoms. The number of anilines is 1. The van der Waals surface area contributed by atoms with Gasteiger partial charge in [-0.1, -0.05) is 12.1 Å². The molecular formula is C12H17N3O2. The minimum Gasteiger partial charge on any atom is -0.395 e. The van der Waals surface area contributed by atoms with Crippen molar-refractivity contribution < 1.29 is 9.90 Å². The largest absolute Gasteiger partial charge is 0.395 e. The first-order valence-corrected chi connectivity index (χ1v) is 5.64.